The summed E-state index contributed by atoms with van der Waals surface area (Å²) in [6.07, 6.45) is 0.440. The molecule has 2 aliphatic rings. The highest BCUT2D eigenvalue weighted by Gasteiger charge is 2.35. The molecule has 2 aromatic rings. The molecule has 2 aliphatic heterocycles. The van der Waals surface area contributed by atoms with E-state index in [0.717, 1.165) is 0 Å². The Hall–Kier alpha value is -2.24. The van der Waals surface area contributed by atoms with E-state index in [4.69, 9.17) is 21.5 Å². The van der Waals surface area contributed by atoms with Crippen molar-refractivity contribution in [2.75, 3.05) is 12.3 Å². The number of nitrogens with two attached hydrogens (primary N) is 1. The number of carbonyl (C=O) groups is 2. The van der Waals surface area contributed by atoms with Crippen LogP contribution in [-0.2, 0) is 32.7 Å². The lowest BCUT2D eigenvalue weighted by Crippen LogP contribution is -2.44. The first-order chi connectivity index (χ1) is 13.7. The molecule has 0 fully saturated rings. The summed E-state index contributed by atoms with van der Waals surface area (Å²) in [5.41, 5.74) is 6.75. The number of benzene rings is 1. The molecular weight excluding hydrogens is 440 g/mol. The lowest BCUT2D eigenvalue weighted by atomic mass is 9.92. The monoisotopic (exact) mass is 456 g/mol. The molecule has 4 rings (SSSR count). The largest absolute Gasteiger partial charge is 0.378 e. The minimum absolute atomic E-state index is 0.0838. The summed E-state index contributed by atoms with van der Waals surface area (Å²) >= 11 is 7.46. The zero-order chi connectivity index (χ0) is 20.9. The Bertz CT molecular complexity index is 1130. The van der Waals surface area contributed by atoms with E-state index in [1.54, 1.807) is 12.1 Å². The molecule has 12 heteroatoms. The Labute approximate surface area is 176 Å². The van der Waals surface area contributed by atoms with Gasteiger partial charge in [0, 0.05) is 25.8 Å². The number of thioether (sulfide) groups is 1. The van der Waals surface area contributed by atoms with Gasteiger partial charge in [0.05, 0.1) is 0 Å². The standard InChI is InChI=1S/C17H17ClN4O5S2/c1-9(23)21-5-4-10-8-11(2-3-12(10)13(21)15(19)24)27-29(25,26)16-14(18)20-17-22(16)6-7-28-17/h2-3,8,13H,4-7H2,1H3,(H2,19,24). The first-order valence-electron chi connectivity index (χ1n) is 8.71. The van der Waals surface area contributed by atoms with Crippen molar-refractivity contribution in [2.45, 2.75) is 36.1 Å². The molecule has 9 nitrogen and oxygen atoms in total. The van der Waals surface area contributed by atoms with Crippen molar-refractivity contribution < 1.29 is 22.2 Å². The van der Waals surface area contributed by atoms with Gasteiger partial charge in [0.1, 0.15) is 11.8 Å². The van der Waals surface area contributed by atoms with Gasteiger partial charge in [-0.2, -0.15) is 8.42 Å². The predicted octanol–water partition coefficient (Wildman–Crippen LogP) is 1.34. The topological polar surface area (TPSA) is 125 Å². The van der Waals surface area contributed by atoms with Crippen molar-refractivity contribution in [3.05, 3.63) is 34.5 Å². The van der Waals surface area contributed by atoms with E-state index in [1.807, 2.05) is 0 Å². The van der Waals surface area contributed by atoms with E-state index in [2.05, 4.69) is 4.98 Å². The van der Waals surface area contributed by atoms with Crippen LogP contribution in [0.5, 0.6) is 5.75 Å². The van der Waals surface area contributed by atoms with Crippen LogP contribution < -0.4 is 9.92 Å². The number of nitrogens with zero attached hydrogens (tertiary/aromatic N) is 3. The SMILES string of the molecule is CC(=O)N1CCc2cc(OS(=O)(=O)c3c(Cl)nc4n3CCS4)ccc2C1C(N)=O. The third-order valence-electron chi connectivity index (χ3n) is 4.85. The van der Waals surface area contributed by atoms with Crippen LogP contribution in [0, 0.1) is 0 Å². The van der Waals surface area contributed by atoms with Gasteiger partial charge in [0.2, 0.25) is 16.8 Å². The molecule has 0 saturated carbocycles. The minimum Gasteiger partial charge on any atom is -0.378 e. The van der Waals surface area contributed by atoms with Crippen LogP contribution in [0.15, 0.2) is 28.4 Å². The van der Waals surface area contributed by atoms with Crippen molar-refractivity contribution in [3.8, 4) is 5.75 Å². The molecule has 3 heterocycles. The summed E-state index contributed by atoms with van der Waals surface area (Å²) in [6, 6.07) is 3.64. The van der Waals surface area contributed by atoms with Crippen LogP contribution >= 0.6 is 23.4 Å². The van der Waals surface area contributed by atoms with Crippen LogP contribution in [0.2, 0.25) is 5.15 Å². The van der Waals surface area contributed by atoms with Gasteiger partial charge in [-0.05, 0) is 29.7 Å². The molecule has 0 radical (unpaired) electrons. The Balaban J connectivity index is 1.67. The Morgan fingerprint density at radius 2 is 2.10 bits per heavy atom. The maximum atomic E-state index is 12.8. The zero-order valence-electron chi connectivity index (χ0n) is 15.3. The first kappa shape index (κ1) is 20.0. The van der Waals surface area contributed by atoms with Gasteiger partial charge >= 0.3 is 10.1 Å². The molecule has 1 atom stereocenters. The molecule has 2 amide bonds. The molecule has 0 bridgehead atoms. The molecular formula is C17H17ClN4O5S2. The number of aromatic nitrogens is 2. The Morgan fingerprint density at radius 1 is 1.34 bits per heavy atom. The second-order valence-electron chi connectivity index (χ2n) is 6.66. The van der Waals surface area contributed by atoms with Crippen LogP contribution in [0.3, 0.4) is 0 Å². The number of rotatable bonds is 4. The average Bonchev–Trinajstić information content (AvgIpc) is 3.19. The lowest BCUT2D eigenvalue weighted by Gasteiger charge is -2.34. The second-order valence-corrected chi connectivity index (χ2v) is 9.54. The van der Waals surface area contributed by atoms with Crippen LogP contribution in [0.4, 0.5) is 0 Å². The van der Waals surface area contributed by atoms with Crippen LogP contribution in [0.25, 0.3) is 0 Å². The molecule has 2 N–H and O–H groups in total. The third kappa shape index (κ3) is 3.47. The van der Waals surface area contributed by atoms with E-state index in [1.165, 1.54) is 34.2 Å². The molecule has 154 valence electrons. The summed E-state index contributed by atoms with van der Waals surface area (Å²) in [5, 5.41) is 0.238. The van der Waals surface area contributed by atoms with Crippen molar-refractivity contribution in [1.29, 1.82) is 0 Å². The fourth-order valence-electron chi connectivity index (χ4n) is 3.63. The predicted molar refractivity (Wildman–Crippen MR) is 105 cm³/mol. The maximum absolute atomic E-state index is 12.8. The highest BCUT2D eigenvalue weighted by molar-refractivity contribution is 7.99. The number of halogens is 1. The molecule has 29 heavy (non-hydrogen) atoms. The molecule has 1 unspecified atom stereocenters. The van der Waals surface area contributed by atoms with Crippen LogP contribution in [-0.4, -0.2) is 47.0 Å². The van der Waals surface area contributed by atoms with Crippen LogP contribution in [0.1, 0.15) is 24.1 Å². The summed E-state index contributed by atoms with van der Waals surface area (Å²) in [7, 11) is -4.21. The molecule has 0 aliphatic carbocycles. The summed E-state index contributed by atoms with van der Waals surface area (Å²) in [6.45, 7) is 2.14. The van der Waals surface area contributed by atoms with Gasteiger partial charge in [-0.1, -0.05) is 29.4 Å². The second kappa shape index (κ2) is 7.22. The highest BCUT2D eigenvalue weighted by Crippen LogP contribution is 2.36. The fraction of sp³-hybridized carbons (Fsp3) is 0.353. The Morgan fingerprint density at radius 3 is 2.79 bits per heavy atom. The lowest BCUT2D eigenvalue weighted by molar-refractivity contribution is -0.138. The van der Waals surface area contributed by atoms with Crippen molar-refractivity contribution in [2.24, 2.45) is 5.73 Å². The first-order valence-corrected chi connectivity index (χ1v) is 11.5. The number of hydrogen-bond donors (Lipinski definition) is 1. The molecule has 0 spiro atoms. The quantitative estimate of drug-likeness (QED) is 0.688. The maximum Gasteiger partial charge on any atom is 0.358 e. The number of imidazole rings is 1. The smallest absolute Gasteiger partial charge is 0.358 e. The van der Waals surface area contributed by atoms with Crippen molar-refractivity contribution in [3.63, 3.8) is 0 Å². The normalized spacial score (nSPS) is 18.3. The minimum atomic E-state index is -4.21. The number of carbonyl (C=O) groups excluding carboxylic acids is 2. The highest BCUT2D eigenvalue weighted by atomic mass is 35.5. The van der Waals surface area contributed by atoms with E-state index in [-0.39, 0.29) is 21.8 Å². The summed E-state index contributed by atoms with van der Waals surface area (Å²) < 4.78 is 32.5. The van der Waals surface area contributed by atoms with E-state index < -0.39 is 22.1 Å². The average molecular weight is 457 g/mol. The Kier molecular flexibility index (Phi) is 4.99. The van der Waals surface area contributed by atoms with Crippen molar-refractivity contribution >= 4 is 45.3 Å². The number of fused-ring (bicyclic) bond motifs is 2. The van der Waals surface area contributed by atoms with E-state index in [0.29, 0.717) is 41.5 Å². The van der Waals surface area contributed by atoms with Gasteiger partial charge in [-0.15, -0.1) is 0 Å². The summed E-state index contributed by atoms with van der Waals surface area (Å²) in [4.78, 5) is 29.2. The summed E-state index contributed by atoms with van der Waals surface area (Å²) in [5.74, 6) is -0.117. The number of primary amides is 1. The van der Waals surface area contributed by atoms with E-state index >= 15 is 0 Å². The zero-order valence-corrected chi connectivity index (χ0v) is 17.7. The van der Waals surface area contributed by atoms with Gasteiger partial charge in [0.15, 0.2) is 10.3 Å². The van der Waals surface area contributed by atoms with Gasteiger partial charge < -0.3 is 19.4 Å². The van der Waals surface area contributed by atoms with E-state index in [9.17, 15) is 18.0 Å². The van der Waals surface area contributed by atoms with Crippen molar-refractivity contribution in [1.82, 2.24) is 14.5 Å². The van der Waals surface area contributed by atoms with Gasteiger partial charge in [-0.3, -0.25) is 9.59 Å². The molecule has 1 aromatic carbocycles. The molecule has 0 saturated heterocycles. The number of hydrogen-bond acceptors (Lipinski definition) is 7. The fourth-order valence-corrected chi connectivity index (χ4v) is 6.29. The molecule has 1 aromatic heterocycles. The number of amides is 2. The van der Waals surface area contributed by atoms with Gasteiger partial charge in [-0.25, -0.2) is 4.98 Å². The third-order valence-corrected chi connectivity index (χ3v) is 7.48. The van der Waals surface area contributed by atoms with Gasteiger partial charge in [0.25, 0.3) is 0 Å².